The maximum atomic E-state index is 12.1. The van der Waals surface area contributed by atoms with Gasteiger partial charge in [0, 0.05) is 25.3 Å². The molecule has 1 atom stereocenters. The Morgan fingerprint density at radius 3 is 2.68 bits per heavy atom. The largest absolute Gasteiger partial charge is 0.341 e. The van der Waals surface area contributed by atoms with Gasteiger partial charge in [0.05, 0.1) is 11.5 Å². The summed E-state index contributed by atoms with van der Waals surface area (Å²) in [5.41, 5.74) is 1.94. The van der Waals surface area contributed by atoms with Crippen molar-refractivity contribution in [3.63, 3.8) is 0 Å². The second-order valence-corrected chi connectivity index (χ2v) is 6.54. The van der Waals surface area contributed by atoms with Crippen molar-refractivity contribution in [1.29, 1.82) is 0 Å². The van der Waals surface area contributed by atoms with Crippen LogP contribution in [0.2, 0.25) is 0 Å². The number of carbonyl (C=O) groups excluding carboxylic acids is 2. The van der Waals surface area contributed by atoms with Crippen LogP contribution in [0.1, 0.15) is 12.0 Å². The molecule has 0 aromatic heterocycles. The maximum Gasteiger partial charge on any atom is 0.234 e. The average molecular weight is 321 g/mol. The van der Waals surface area contributed by atoms with Crippen LogP contribution in [0.4, 0.5) is 5.69 Å². The number of carbonyl (C=O) groups is 2. The Balaban J connectivity index is 1.67. The lowest BCUT2D eigenvalue weighted by Gasteiger charge is -2.23. The number of likely N-dealkylation sites (N-methyl/N-ethyl adjacent to an activating group) is 1. The number of hydrogen-bond acceptors (Lipinski definition) is 4. The zero-order valence-electron chi connectivity index (χ0n) is 13.1. The maximum absolute atomic E-state index is 12.1. The van der Waals surface area contributed by atoms with Gasteiger partial charge in [0.1, 0.15) is 0 Å². The van der Waals surface area contributed by atoms with E-state index in [-0.39, 0.29) is 23.6 Å². The van der Waals surface area contributed by atoms with Crippen LogP contribution >= 0.6 is 11.8 Å². The fraction of sp³-hybridized carbons (Fsp3) is 0.500. The van der Waals surface area contributed by atoms with Crippen LogP contribution in [-0.2, 0) is 9.59 Å². The second-order valence-electron chi connectivity index (χ2n) is 5.56. The Bertz CT molecular complexity index is 513. The van der Waals surface area contributed by atoms with E-state index < -0.39 is 0 Å². The fourth-order valence-electron chi connectivity index (χ4n) is 2.34. The highest BCUT2D eigenvalue weighted by molar-refractivity contribution is 8.00. The number of benzene rings is 1. The van der Waals surface area contributed by atoms with Crippen molar-refractivity contribution >= 4 is 29.3 Å². The summed E-state index contributed by atoms with van der Waals surface area (Å²) in [5.74, 6) is 0.638. The summed E-state index contributed by atoms with van der Waals surface area (Å²) in [6.45, 7) is 3.83. The Labute approximate surface area is 135 Å². The lowest BCUT2D eigenvalue weighted by Crippen LogP contribution is -2.39. The van der Waals surface area contributed by atoms with Gasteiger partial charge >= 0.3 is 0 Å². The van der Waals surface area contributed by atoms with Crippen molar-refractivity contribution in [3.8, 4) is 0 Å². The lowest BCUT2D eigenvalue weighted by atomic mass is 10.2. The number of nitrogens with zero attached hydrogens (tertiary/aromatic N) is 1. The SMILES string of the molecule is Cc1ccc(NC(=O)CSCC(=O)N(C)C2CCNC2)cc1. The van der Waals surface area contributed by atoms with Gasteiger partial charge < -0.3 is 15.5 Å². The first-order valence-corrected chi connectivity index (χ1v) is 8.62. The van der Waals surface area contributed by atoms with Crippen LogP contribution < -0.4 is 10.6 Å². The minimum Gasteiger partial charge on any atom is -0.341 e. The first-order valence-electron chi connectivity index (χ1n) is 7.47. The molecule has 1 fully saturated rings. The molecular formula is C16H23N3O2S. The third kappa shape index (κ3) is 5.03. The Morgan fingerprint density at radius 2 is 2.05 bits per heavy atom. The van der Waals surface area contributed by atoms with Gasteiger partial charge in [-0.25, -0.2) is 0 Å². The molecule has 2 amide bonds. The molecule has 2 N–H and O–H groups in total. The van der Waals surface area contributed by atoms with Crippen molar-refractivity contribution in [2.24, 2.45) is 0 Å². The van der Waals surface area contributed by atoms with Gasteiger partial charge in [-0.15, -0.1) is 11.8 Å². The topological polar surface area (TPSA) is 61.4 Å². The minimum absolute atomic E-state index is 0.0770. The van der Waals surface area contributed by atoms with Gasteiger partial charge in [0.2, 0.25) is 11.8 Å². The predicted molar refractivity (Wildman–Crippen MR) is 91.2 cm³/mol. The van der Waals surface area contributed by atoms with Crippen molar-refractivity contribution in [2.45, 2.75) is 19.4 Å². The van der Waals surface area contributed by atoms with E-state index in [0.29, 0.717) is 5.75 Å². The van der Waals surface area contributed by atoms with E-state index in [9.17, 15) is 9.59 Å². The highest BCUT2D eigenvalue weighted by atomic mass is 32.2. The molecule has 120 valence electrons. The summed E-state index contributed by atoms with van der Waals surface area (Å²) in [7, 11) is 1.84. The molecule has 1 aromatic carbocycles. The van der Waals surface area contributed by atoms with Crippen molar-refractivity contribution in [3.05, 3.63) is 29.8 Å². The van der Waals surface area contributed by atoms with E-state index in [4.69, 9.17) is 0 Å². The zero-order chi connectivity index (χ0) is 15.9. The Hall–Kier alpha value is -1.53. The highest BCUT2D eigenvalue weighted by Gasteiger charge is 2.22. The Kier molecular flexibility index (Phi) is 6.27. The normalized spacial score (nSPS) is 17.3. The van der Waals surface area contributed by atoms with E-state index in [1.165, 1.54) is 11.8 Å². The summed E-state index contributed by atoms with van der Waals surface area (Å²) in [5, 5.41) is 6.08. The molecule has 0 radical (unpaired) electrons. The summed E-state index contributed by atoms with van der Waals surface area (Å²) in [6, 6.07) is 7.95. The van der Waals surface area contributed by atoms with Gasteiger partial charge in [0.25, 0.3) is 0 Å². The van der Waals surface area contributed by atoms with Gasteiger partial charge in [-0.3, -0.25) is 9.59 Å². The molecule has 0 aliphatic carbocycles. The third-order valence-electron chi connectivity index (χ3n) is 3.77. The monoisotopic (exact) mass is 321 g/mol. The molecule has 1 aromatic rings. The summed E-state index contributed by atoms with van der Waals surface area (Å²) >= 11 is 1.36. The first-order chi connectivity index (χ1) is 10.6. The third-order valence-corrected chi connectivity index (χ3v) is 4.69. The van der Waals surface area contributed by atoms with E-state index in [0.717, 1.165) is 30.8 Å². The van der Waals surface area contributed by atoms with Gasteiger partial charge in [0.15, 0.2) is 0 Å². The first kappa shape index (κ1) is 16.8. The van der Waals surface area contributed by atoms with Crippen molar-refractivity contribution in [2.75, 3.05) is 37.0 Å². The van der Waals surface area contributed by atoms with E-state index in [1.807, 2.05) is 38.2 Å². The van der Waals surface area contributed by atoms with Gasteiger partial charge in [-0.05, 0) is 32.0 Å². The van der Waals surface area contributed by atoms with Crippen LogP contribution in [-0.4, -0.2) is 54.4 Å². The molecule has 2 rings (SSSR count). The molecule has 6 heteroatoms. The van der Waals surface area contributed by atoms with Crippen LogP contribution in [0.3, 0.4) is 0 Å². The number of rotatable bonds is 6. The lowest BCUT2D eigenvalue weighted by molar-refractivity contribution is -0.128. The van der Waals surface area contributed by atoms with Gasteiger partial charge in [-0.2, -0.15) is 0 Å². The van der Waals surface area contributed by atoms with Crippen LogP contribution in [0.15, 0.2) is 24.3 Å². The Morgan fingerprint density at radius 1 is 1.32 bits per heavy atom. The quantitative estimate of drug-likeness (QED) is 0.833. The highest BCUT2D eigenvalue weighted by Crippen LogP contribution is 2.11. The molecule has 1 heterocycles. The number of thioether (sulfide) groups is 1. The minimum atomic E-state index is -0.0770. The molecule has 22 heavy (non-hydrogen) atoms. The summed E-state index contributed by atoms with van der Waals surface area (Å²) < 4.78 is 0. The smallest absolute Gasteiger partial charge is 0.234 e. The number of aryl methyl sites for hydroxylation is 1. The van der Waals surface area contributed by atoms with Crippen molar-refractivity contribution in [1.82, 2.24) is 10.2 Å². The molecule has 1 aliphatic rings. The summed E-state index contributed by atoms with van der Waals surface area (Å²) in [4.78, 5) is 25.7. The molecule has 1 saturated heterocycles. The molecule has 0 saturated carbocycles. The predicted octanol–water partition coefficient (Wildman–Crippen LogP) is 1.49. The van der Waals surface area contributed by atoms with E-state index in [1.54, 1.807) is 4.90 Å². The number of amides is 2. The van der Waals surface area contributed by atoms with E-state index >= 15 is 0 Å². The van der Waals surface area contributed by atoms with Crippen LogP contribution in [0, 0.1) is 6.92 Å². The standard InChI is InChI=1S/C16H23N3O2S/c1-12-3-5-13(6-4-12)18-15(20)10-22-11-16(21)19(2)14-7-8-17-9-14/h3-6,14,17H,7-11H2,1-2H3,(H,18,20). The second kappa shape index (κ2) is 8.19. The van der Waals surface area contributed by atoms with E-state index in [2.05, 4.69) is 10.6 Å². The van der Waals surface area contributed by atoms with Gasteiger partial charge in [-0.1, -0.05) is 17.7 Å². The number of nitrogens with one attached hydrogen (secondary N) is 2. The van der Waals surface area contributed by atoms with Crippen molar-refractivity contribution < 1.29 is 9.59 Å². The molecular weight excluding hydrogens is 298 g/mol. The molecule has 1 unspecified atom stereocenters. The number of hydrogen-bond donors (Lipinski definition) is 2. The van der Waals surface area contributed by atoms with Crippen LogP contribution in [0.25, 0.3) is 0 Å². The molecule has 5 nitrogen and oxygen atoms in total. The number of anilines is 1. The average Bonchev–Trinajstić information content (AvgIpc) is 3.03. The zero-order valence-corrected chi connectivity index (χ0v) is 13.9. The molecule has 1 aliphatic heterocycles. The fourth-order valence-corrected chi connectivity index (χ4v) is 3.08. The molecule has 0 bridgehead atoms. The van der Waals surface area contributed by atoms with Crippen LogP contribution in [0.5, 0.6) is 0 Å². The summed E-state index contributed by atoms with van der Waals surface area (Å²) in [6.07, 6.45) is 1.00. The molecule has 0 spiro atoms.